The quantitative estimate of drug-likeness (QED) is 0.114. The van der Waals surface area contributed by atoms with Crippen molar-refractivity contribution in [2.45, 2.75) is 65.3 Å². The number of nitrogens with two attached hydrogens (primary N) is 1. The van der Waals surface area contributed by atoms with Gasteiger partial charge in [0.1, 0.15) is 0 Å². The third-order valence-corrected chi connectivity index (χ3v) is 5.41. The fourth-order valence-corrected chi connectivity index (χ4v) is 3.54. The number of amides is 2. The van der Waals surface area contributed by atoms with Crippen LogP contribution < -0.4 is 63.4 Å². The molecule has 3 atom stereocenters. The first-order chi connectivity index (χ1) is 13.7. The third-order valence-electron chi connectivity index (χ3n) is 5.41. The van der Waals surface area contributed by atoms with E-state index in [1.54, 1.807) is 13.8 Å². The summed E-state index contributed by atoms with van der Waals surface area (Å²) >= 11 is 0. The van der Waals surface area contributed by atoms with E-state index < -0.39 is 11.5 Å². The van der Waals surface area contributed by atoms with Gasteiger partial charge < -0.3 is 43.2 Å². The summed E-state index contributed by atoms with van der Waals surface area (Å²) in [5.41, 5.74) is 4.89. The minimum Gasteiger partial charge on any atom is -1.00 e. The Balaban J connectivity index is -0.00000420. The second-order valence-electron chi connectivity index (χ2n) is 10.2. The molecule has 4 N–H and O–H groups in total. The Morgan fingerprint density at radius 1 is 1.12 bits per heavy atom. The Morgan fingerprint density at radius 2 is 1.69 bits per heavy atom. The van der Waals surface area contributed by atoms with E-state index in [4.69, 9.17) is 5.73 Å². The molecule has 32 heavy (non-hydrogen) atoms. The maximum absolute atomic E-state index is 12.5. The average molecular weight is 487 g/mol. The van der Waals surface area contributed by atoms with Gasteiger partial charge in [-0.05, 0) is 45.6 Å². The van der Waals surface area contributed by atoms with Gasteiger partial charge in [-0.2, -0.15) is 0 Å². The third kappa shape index (κ3) is 18.1. The molecule has 8 nitrogen and oxygen atoms in total. The molecule has 0 aliphatic heterocycles. The van der Waals surface area contributed by atoms with Gasteiger partial charge in [0.25, 0.3) is 0 Å². The number of carbonyl (C=O) groups excluding carboxylic acids is 3. The second kappa shape index (κ2) is 17.1. The molecule has 2 amide bonds. The molecule has 0 saturated carbocycles. The van der Waals surface area contributed by atoms with Crippen LogP contribution in [0.1, 0.15) is 59.8 Å². The summed E-state index contributed by atoms with van der Waals surface area (Å²) in [4.78, 5) is 35.2. The molecule has 10 heteroatoms. The number of halogens is 1. The van der Waals surface area contributed by atoms with Gasteiger partial charge in [-0.3, -0.25) is 9.59 Å². The van der Waals surface area contributed by atoms with Gasteiger partial charge in [-0.15, -0.1) is 0 Å². The van der Waals surface area contributed by atoms with Gasteiger partial charge >= 0.3 is 29.6 Å². The Bertz CT molecular complexity index is 571. The summed E-state index contributed by atoms with van der Waals surface area (Å²) in [7, 11) is 6.35. The van der Waals surface area contributed by atoms with Crippen molar-refractivity contribution >= 4 is 17.8 Å². The summed E-state index contributed by atoms with van der Waals surface area (Å²) in [6, 6.07) is 0. The molecule has 0 aliphatic carbocycles. The van der Waals surface area contributed by atoms with E-state index in [9.17, 15) is 19.5 Å². The number of nitrogens with one attached hydrogen (secondary N) is 2. The first-order valence-electron chi connectivity index (χ1n) is 11.0. The largest absolute Gasteiger partial charge is 1.00 e. The molecule has 0 saturated heterocycles. The molecule has 0 aromatic rings. The maximum atomic E-state index is 12.5. The van der Waals surface area contributed by atoms with Crippen LogP contribution in [0.25, 0.3) is 0 Å². The standard InChI is InChI=1S/C22H44N4O4.ClH.Na/c1-8-18(20(23)29)13-17(15-25-22(3,4)14-19(27)28)12-16(2)21(30)24-10-9-11-26(5,6)7;;/h16-18,25H,8-15H2,1-7H3,(H3-,23,24,27,28,29,30);1H;/q;;+1/p-1. The number of hydrogen-bond donors (Lipinski definition) is 3. The van der Waals surface area contributed by atoms with E-state index in [1.807, 2.05) is 13.8 Å². The molecule has 0 fully saturated rings. The summed E-state index contributed by atoms with van der Waals surface area (Å²) in [6.07, 6.45) is 2.59. The van der Waals surface area contributed by atoms with Crippen LogP contribution in [-0.2, 0) is 14.4 Å². The van der Waals surface area contributed by atoms with Crippen LogP contribution in [0.3, 0.4) is 0 Å². The summed E-state index contributed by atoms with van der Waals surface area (Å²) in [5.74, 6) is -1.91. The van der Waals surface area contributed by atoms with Crippen molar-refractivity contribution in [3.63, 3.8) is 0 Å². The summed E-state index contributed by atoms with van der Waals surface area (Å²) in [6.45, 7) is 9.53. The number of nitrogens with zero attached hydrogens (tertiary/aromatic N) is 1. The Morgan fingerprint density at radius 3 is 2.12 bits per heavy atom. The zero-order valence-corrected chi connectivity index (χ0v) is 24.2. The number of primary amides is 1. The van der Waals surface area contributed by atoms with Crippen molar-refractivity contribution in [2.24, 2.45) is 23.5 Å². The van der Waals surface area contributed by atoms with E-state index in [1.165, 1.54) is 0 Å². The number of hydrogen-bond acceptors (Lipinski definition) is 5. The predicted octanol–water partition coefficient (Wildman–Crippen LogP) is -5.74. The van der Waals surface area contributed by atoms with Crippen LogP contribution in [0.5, 0.6) is 0 Å². The molecule has 0 aromatic heterocycles. The second-order valence-corrected chi connectivity index (χ2v) is 10.2. The van der Waals surface area contributed by atoms with Crippen LogP contribution in [0.2, 0.25) is 0 Å². The SMILES string of the molecule is CCC(CC(CNC(C)(C)CC(=O)[O-])CC(C)C(=O)NCCC[N+](C)(C)C)C(N)=O.[Cl-].[Na+]. The molecule has 0 aliphatic rings. The number of quaternary nitrogens is 1. The van der Waals surface area contributed by atoms with Crippen molar-refractivity contribution in [2.75, 3.05) is 40.8 Å². The van der Waals surface area contributed by atoms with Crippen LogP contribution in [0.4, 0.5) is 0 Å². The Hall–Kier alpha value is -0.380. The number of rotatable bonds is 16. The van der Waals surface area contributed by atoms with E-state index in [2.05, 4.69) is 31.8 Å². The number of carboxylic acids is 1. The topological polar surface area (TPSA) is 124 Å². The zero-order valence-electron chi connectivity index (χ0n) is 21.4. The molecule has 0 bridgehead atoms. The van der Waals surface area contributed by atoms with E-state index in [0.29, 0.717) is 32.4 Å². The number of carboxylic acid groups (broad SMARTS) is 1. The zero-order chi connectivity index (χ0) is 23.5. The predicted molar refractivity (Wildman–Crippen MR) is 117 cm³/mol. The van der Waals surface area contributed by atoms with Crippen molar-refractivity contribution < 1.29 is 65.9 Å². The van der Waals surface area contributed by atoms with Crippen molar-refractivity contribution in [3.8, 4) is 0 Å². The number of aliphatic carboxylic acids is 1. The molecule has 0 aromatic carbocycles. The summed E-state index contributed by atoms with van der Waals surface area (Å²) < 4.78 is 0.854. The van der Waals surface area contributed by atoms with Gasteiger partial charge in [-0.1, -0.05) is 13.8 Å². The van der Waals surface area contributed by atoms with Crippen molar-refractivity contribution in [3.05, 3.63) is 0 Å². The van der Waals surface area contributed by atoms with Crippen LogP contribution >= 0.6 is 0 Å². The van der Waals surface area contributed by atoms with E-state index >= 15 is 0 Å². The van der Waals surface area contributed by atoms with E-state index in [0.717, 1.165) is 17.4 Å². The molecule has 0 radical (unpaired) electrons. The number of carbonyl (C=O) groups is 3. The van der Waals surface area contributed by atoms with Crippen molar-refractivity contribution in [1.29, 1.82) is 0 Å². The first-order valence-corrected chi connectivity index (χ1v) is 11.0. The van der Waals surface area contributed by atoms with Crippen molar-refractivity contribution in [1.82, 2.24) is 10.6 Å². The molecular formula is C22H44ClN4NaO4. The molecule has 0 rings (SSSR count). The van der Waals surface area contributed by atoms with Crippen LogP contribution in [-0.4, -0.2) is 68.6 Å². The van der Waals surface area contributed by atoms with Gasteiger partial charge in [0.15, 0.2) is 0 Å². The molecule has 0 spiro atoms. The van der Waals surface area contributed by atoms with Crippen LogP contribution in [0.15, 0.2) is 0 Å². The van der Waals surface area contributed by atoms with Gasteiger partial charge in [0, 0.05) is 42.7 Å². The Kier molecular flexibility index (Phi) is 19.4. The molecule has 3 unspecified atom stereocenters. The van der Waals surface area contributed by atoms with Gasteiger partial charge in [0.2, 0.25) is 11.8 Å². The fourth-order valence-electron chi connectivity index (χ4n) is 3.54. The minimum absolute atomic E-state index is 0. The average Bonchev–Trinajstić information content (AvgIpc) is 2.58. The monoisotopic (exact) mass is 486 g/mol. The minimum atomic E-state index is -1.12. The molecular weight excluding hydrogens is 443 g/mol. The normalized spacial score (nSPS) is 14.3. The summed E-state index contributed by atoms with van der Waals surface area (Å²) in [5, 5.41) is 17.2. The van der Waals surface area contributed by atoms with Gasteiger partial charge in [-0.25, -0.2) is 0 Å². The molecule has 0 heterocycles. The smallest absolute Gasteiger partial charge is 1.00 e. The van der Waals surface area contributed by atoms with Crippen LogP contribution in [0, 0.1) is 17.8 Å². The fraction of sp³-hybridized carbons (Fsp3) is 0.864. The molecule has 184 valence electrons. The maximum Gasteiger partial charge on any atom is 1.00 e. The van der Waals surface area contributed by atoms with E-state index in [-0.39, 0.29) is 78.0 Å². The van der Waals surface area contributed by atoms with Gasteiger partial charge in [0.05, 0.1) is 27.7 Å². The Labute approximate surface area is 223 Å². The first kappa shape index (κ1) is 36.2.